The number of rotatable bonds is 3. The Kier molecular flexibility index (Phi) is 5.15. The van der Waals surface area contributed by atoms with Crippen LogP contribution in [-0.4, -0.2) is 28.1 Å². The number of nitrogens with zero attached hydrogens (tertiary/aromatic N) is 1. The SMILES string of the molecule is C[C@@H](NC(=O)c1cn[nH]c1C(F)(F)F)C(N)=O.Cl. The predicted octanol–water partition coefficient (Wildman–Crippen LogP) is 0.454. The molecular formula is C8H10ClF3N4O2. The lowest BCUT2D eigenvalue weighted by Gasteiger charge is -2.11. The van der Waals surface area contributed by atoms with Crippen LogP contribution in [0.1, 0.15) is 23.0 Å². The minimum absolute atomic E-state index is 0. The third kappa shape index (κ3) is 3.62. The van der Waals surface area contributed by atoms with Gasteiger partial charge in [0.05, 0.1) is 11.8 Å². The predicted molar refractivity (Wildman–Crippen MR) is 57.0 cm³/mol. The number of carbonyl (C=O) groups excluding carboxylic acids is 2. The fourth-order valence-electron chi connectivity index (χ4n) is 1.02. The normalized spacial score (nSPS) is 12.4. The van der Waals surface area contributed by atoms with E-state index >= 15 is 0 Å². The van der Waals surface area contributed by atoms with E-state index in [2.05, 4.69) is 5.10 Å². The molecule has 0 unspecified atom stereocenters. The number of H-pyrrole nitrogens is 1. The maximum atomic E-state index is 12.4. The van der Waals surface area contributed by atoms with Crippen LogP contribution in [0.3, 0.4) is 0 Å². The van der Waals surface area contributed by atoms with Crippen LogP contribution in [0.5, 0.6) is 0 Å². The van der Waals surface area contributed by atoms with Gasteiger partial charge in [0.15, 0.2) is 5.69 Å². The number of alkyl halides is 3. The molecule has 1 atom stereocenters. The van der Waals surface area contributed by atoms with Crippen molar-refractivity contribution in [1.82, 2.24) is 15.5 Å². The molecule has 2 amide bonds. The quantitative estimate of drug-likeness (QED) is 0.752. The Morgan fingerprint density at radius 1 is 1.50 bits per heavy atom. The van der Waals surface area contributed by atoms with Gasteiger partial charge in [0.2, 0.25) is 5.91 Å². The number of carbonyl (C=O) groups is 2. The van der Waals surface area contributed by atoms with Crippen LogP contribution in [0.2, 0.25) is 0 Å². The zero-order chi connectivity index (χ0) is 13.2. The maximum absolute atomic E-state index is 12.4. The molecule has 0 aliphatic carbocycles. The first-order valence-electron chi connectivity index (χ1n) is 4.44. The third-order valence-corrected chi connectivity index (χ3v) is 1.94. The molecule has 6 nitrogen and oxygen atoms in total. The molecule has 1 rings (SSSR count). The van der Waals surface area contributed by atoms with E-state index in [0.29, 0.717) is 0 Å². The van der Waals surface area contributed by atoms with Crippen LogP contribution in [0, 0.1) is 0 Å². The van der Waals surface area contributed by atoms with Gasteiger partial charge in [0, 0.05) is 0 Å². The zero-order valence-electron chi connectivity index (χ0n) is 9.04. The van der Waals surface area contributed by atoms with Crippen LogP contribution >= 0.6 is 12.4 Å². The van der Waals surface area contributed by atoms with Gasteiger partial charge >= 0.3 is 6.18 Å². The van der Waals surface area contributed by atoms with Crippen molar-refractivity contribution < 1.29 is 22.8 Å². The molecule has 10 heteroatoms. The van der Waals surface area contributed by atoms with E-state index in [9.17, 15) is 22.8 Å². The molecule has 1 heterocycles. The maximum Gasteiger partial charge on any atom is 0.433 e. The van der Waals surface area contributed by atoms with Crippen molar-refractivity contribution in [2.75, 3.05) is 0 Å². The smallest absolute Gasteiger partial charge is 0.368 e. The van der Waals surface area contributed by atoms with Gasteiger partial charge in [-0.2, -0.15) is 18.3 Å². The number of hydrogen-bond acceptors (Lipinski definition) is 3. The van der Waals surface area contributed by atoms with Crippen molar-refractivity contribution >= 4 is 24.2 Å². The number of aromatic amines is 1. The zero-order valence-corrected chi connectivity index (χ0v) is 9.85. The Morgan fingerprint density at radius 3 is 2.50 bits per heavy atom. The lowest BCUT2D eigenvalue weighted by atomic mass is 10.2. The van der Waals surface area contributed by atoms with Crippen molar-refractivity contribution in [3.8, 4) is 0 Å². The Bertz CT molecular complexity index is 446. The first-order valence-corrected chi connectivity index (χ1v) is 4.44. The molecule has 0 aliphatic heterocycles. The van der Waals surface area contributed by atoms with E-state index in [0.717, 1.165) is 6.20 Å². The van der Waals surface area contributed by atoms with Gasteiger partial charge in [-0.3, -0.25) is 14.7 Å². The van der Waals surface area contributed by atoms with E-state index in [4.69, 9.17) is 5.73 Å². The van der Waals surface area contributed by atoms with Crippen LogP contribution in [0.25, 0.3) is 0 Å². The standard InChI is InChI=1S/C8H9F3N4O2.ClH/c1-3(6(12)16)14-7(17)4-2-13-15-5(4)8(9,10)11;/h2-3H,1H3,(H2,12,16)(H,13,15)(H,14,17);1H/t3-;/m1./s1. The molecule has 102 valence electrons. The fourth-order valence-corrected chi connectivity index (χ4v) is 1.02. The molecule has 0 aromatic carbocycles. The van der Waals surface area contributed by atoms with Gasteiger partial charge in [-0.1, -0.05) is 0 Å². The number of primary amides is 1. The number of nitrogens with one attached hydrogen (secondary N) is 2. The summed E-state index contributed by atoms with van der Waals surface area (Å²) in [6.07, 6.45) is -4.00. The first kappa shape index (κ1) is 16.2. The molecule has 0 fully saturated rings. The van der Waals surface area contributed by atoms with Crippen LogP contribution in [0.15, 0.2) is 6.20 Å². The van der Waals surface area contributed by atoms with Crippen molar-refractivity contribution in [3.63, 3.8) is 0 Å². The first-order chi connectivity index (χ1) is 7.73. The fraction of sp³-hybridized carbons (Fsp3) is 0.375. The van der Waals surface area contributed by atoms with Crippen LogP contribution in [0.4, 0.5) is 13.2 Å². The summed E-state index contributed by atoms with van der Waals surface area (Å²) in [5.74, 6) is -1.92. The Labute approximate surface area is 106 Å². The molecule has 0 aliphatic rings. The monoisotopic (exact) mass is 286 g/mol. The molecule has 0 saturated heterocycles. The highest BCUT2D eigenvalue weighted by Crippen LogP contribution is 2.29. The minimum Gasteiger partial charge on any atom is -0.368 e. The molecule has 18 heavy (non-hydrogen) atoms. The number of halogens is 4. The van der Waals surface area contributed by atoms with Crippen molar-refractivity contribution in [1.29, 1.82) is 0 Å². The molecule has 0 spiro atoms. The Hall–Kier alpha value is -1.77. The summed E-state index contributed by atoms with van der Waals surface area (Å²) in [4.78, 5) is 22.1. The number of nitrogens with two attached hydrogens (primary N) is 1. The highest BCUT2D eigenvalue weighted by Gasteiger charge is 2.37. The second-order valence-electron chi connectivity index (χ2n) is 3.25. The van der Waals surface area contributed by atoms with E-state index in [-0.39, 0.29) is 12.4 Å². The van der Waals surface area contributed by atoms with Crippen molar-refractivity contribution in [2.24, 2.45) is 5.73 Å². The topological polar surface area (TPSA) is 101 Å². The molecule has 4 N–H and O–H groups in total. The van der Waals surface area contributed by atoms with Crippen LogP contribution in [-0.2, 0) is 11.0 Å². The highest BCUT2D eigenvalue weighted by molar-refractivity contribution is 5.98. The summed E-state index contributed by atoms with van der Waals surface area (Å²) in [6.45, 7) is 1.26. The number of aromatic nitrogens is 2. The largest absolute Gasteiger partial charge is 0.433 e. The second-order valence-corrected chi connectivity index (χ2v) is 3.25. The molecular weight excluding hydrogens is 277 g/mol. The third-order valence-electron chi connectivity index (χ3n) is 1.94. The highest BCUT2D eigenvalue weighted by atomic mass is 35.5. The van der Waals surface area contributed by atoms with Crippen molar-refractivity contribution in [3.05, 3.63) is 17.5 Å². The molecule has 1 aromatic heterocycles. The van der Waals surface area contributed by atoms with E-state index in [1.807, 2.05) is 5.32 Å². The minimum atomic E-state index is -4.72. The number of amides is 2. The lowest BCUT2D eigenvalue weighted by molar-refractivity contribution is -0.141. The van der Waals surface area contributed by atoms with Gasteiger partial charge in [-0.25, -0.2) is 0 Å². The number of hydrogen-bond donors (Lipinski definition) is 3. The van der Waals surface area contributed by atoms with Gasteiger partial charge in [0.25, 0.3) is 5.91 Å². The van der Waals surface area contributed by atoms with Gasteiger partial charge < -0.3 is 11.1 Å². The molecule has 1 aromatic rings. The summed E-state index contributed by atoms with van der Waals surface area (Å²) < 4.78 is 37.2. The molecule has 0 saturated carbocycles. The van der Waals surface area contributed by atoms with Gasteiger partial charge in [0.1, 0.15) is 6.04 Å². The van der Waals surface area contributed by atoms with E-state index in [1.54, 1.807) is 5.10 Å². The summed E-state index contributed by atoms with van der Waals surface area (Å²) in [7, 11) is 0. The summed E-state index contributed by atoms with van der Waals surface area (Å²) >= 11 is 0. The molecule has 0 bridgehead atoms. The summed E-state index contributed by atoms with van der Waals surface area (Å²) in [5, 5.41) is 6.84. The van der Waals surface area contributed by atoms with Gasteiger partial charge in [-0.05, 0) is 6.92 Å². The average Bonchev–Trinajstić information content (AvgIpc) is 2.64. The van der Waals surface area contributed by atoms with Crippen LogP contribution < -0.4 is 11.1 Å². The van der Waals surface area contributed by atoms with E-state index in [1.165, 1.54) is 6.92 Å². The average molecular weight is 287 g/mol. The van der Waals surface area contributed by atoms with Crippen molar-refractivity contribution in [2.45, 2.75) is 19.1 Å². The second kappa shape index (κ2) is 5.71. The lowest BCUT2D eigenvalue weighted by Crippen LogP contribution is -2.42. The molecule has 0 radical (unpaired) electrons. The summed E-state index contributed by atoms with van der Waals surface area (Å²) in [6, 6.07) is -1.07. The van der Waals surface area contributed by atoms with Gasteiger partial charge in [-0.15, -0.1) is 12.4 Å². The summed E-state index contributed by atoms with van der Waals surface area (Å²) in [5.41, 5.74) is 2.90. The van der Waals surface area contributed by atoms with E-state index < -0.39 is 35.3 Å². The Balaban J connectivity index is 0.00000289. The Morgan fingerprint density at radius 2 is 2.06 bits per heavy atom.